The van der Waals surface area contributed by atoms with Gasteiger partial charge in [0, 0.05) is 0 Å². The highest BCUT2D eigenvalue weighted by Gasteiger charge is 2.54. The molecule has 0 radical (unpaired) electrons. The number of hydrogen-bond donors (Lipinski definition) is 0. The van der Waals surface area contributed by atoms with Crippen molar-refractivity contribution in [3.05, 3.63) is 91.0 Å². The molecule has 3 aromatic rings. The molecule has 0 aliphatic rings. The average molecular weight is 363 g/mol. The summed E-state index contributed by atoms with van der Waals surface area (Å²) < 4.78 is 5.46. The molecule has 0 spiro atoms. The number of benzene rings is 3. The van der Waals surface area contributed by atoms with Gasteiger partial charge >= 0.3 is 5.97 Å². The van der Waals surface area contributed by atoms with Crippen molar-refractivity contribution in [1.82, 2.24) is 0 Å². The quantitative estimate of drug-likeness (QED) is 0.490. The molecule has 0 heterocycles. The van der Waals surface area contributed by atoms with Crippen molar-refractivity contribution in [3.8, 4) is 0 Å². The van der Waals surface area contributed by atoms with E-state index in [1.165, 1.54) is 15.9 Å². The number of rotatable bonds is 6. The molecular weight excluding hydrogens is 339 g/mol. The zero-order valence-electron chi connectivity index (χ0n) is 15.2. The summed E-state index contributed by atoms with van der Waals surface area (Å²) in [6.07, 6.45) is 0. The van der Waals surface area contributed by atoms with Crippen LogP contribution in [-0.4, -0.2) is 18.2 Å². The molecule has 3 aromatic carbocycles. The van der Waals surface area contributed by atoms with Gasteiger partial charge in [-0.1, -0.05) is 54.6 Å². The molecule has 2 nitrogen and oxygen atoms in total. The van der Waals surface area contributed by atoms with Crippen molar-refractivity contribution in [2.45, 2.75) is 19.5 Å². The highest BCUT2D eigenvalue weighted by molar-refractivity contribution is 7.96. The van der Waals surface area contributed by atoms with Gasteiger partial charge in [-0.15, -0.1) is 0 Å². The molecule has 0 bridgehead atoms. The Morgan fingerprint density at radius 2 is 1.12 bits per heavy atom. The van der Waals surface area contributed by atoms with Gasteiger partial charge in [-0.3, -0.25) is 0 Å². The minimum Gasteiger partial charge on any atom is -0.463 e. The van der Waals surface area contributed by atoms with E-state index in [1.54, 1.807) is 0 Å². The summed E-state index contributed by atoms with van der Waals surface area (Å²) in [5, 5.41) is 3.58. The lowest BCUT2D eigenvalue weighted by atomic mass is 10.3. The number of ether oxygens (including phenoxy) is 1. The van der Waals surface area contributed by atoms with E-state index in [9.17, 15) is 4.79 Å². The standard InChI is InChI=1S/C23H24O2P/c1-3-25-23(24)19(2)26(20-13-7-4-8-14-20,21-15-9-5-10-16-21)22-17-11-6-12-18-22/h4-19H,3H2,1-2H3/q+1/t19-/m0/s1. The molecule has 0 amide bonds. The van der Waals surface area contributed by atoms with E-state index in [1.807, 2.05) is 68.4 Å². The second kappa shape index (κ2) is 8.29. The van der Waals surface area contributed by atoms with Crippen LogP contribution in [0.4, 0.5) is 0 Å². The van der Waals surface area contributed by atoms with Gasteiger partial charge in [0.1, 0.15) is 23.2 Å². The molecule has 26 heavy (non-hydrogen) atoms. The summed E-state index contributed by atoms with van der Waals surface area (Å²) in [7, 11) is -2.20. The van der Waals surface area contributed by atoms with Crippen LogP contribution < -0.4 is 15.9 Å². The molecule has 3 heteroatoms. The Balaban J connectivity index is 2.33. The van der Waals surface area contributed by atoms with E-state index in [-0.39, 0.29) is 11.6 Å². The third-order valence-electron chi connectivity index (χ3n) is 4.70. The predicted octanol–water partition coefficient (Wildman–Crippen LogP) is 3.93. The molecule has 0 aliphatic carbocycles. The van der Waals surface area contributed by atoms with Crippen LogP contribution in [-0.2, 0) is 9.53 Å². The van der Waals surface area contributed by atoms with Crippen LogP contribution >= 0.6 is 7.26 Å². The van der Waals surface area contributed by atoms with Gasteiger partial charge in [-0.25, -0.2) is 4.79 Å². The SMILES string of the molecule is CCOC(=O)[C@H](C)[P+](c1ccccc1)(c1ccccc1)c1ccccc1. The molecule has 0 saturated carbocycles. The fourth-order valence-electron chi connectivity index (χ4n) is 3.53. The Labute approximate surface area is 156 Å². The Bertz CT molecular complexity index is 735. The monoisotopic (exact) mass is 363 g/mol. The Morgan fingerprint density at radius 3 is 1.42 bits per heavy atom. The van der Waals surface area contributed by atoms with Crippen molar-refractivity contribution >= 4 is 29.1 Å². The molecule has 3 rings (SSSR count). The Hall–Kier alpha value is -2.44. The maximum Gasteiger partial charge on any atom is 0.347 e. The number of hydrogen-bond acceptors (Lipinski definition) is 2. The summed E-state index contributed by atoms with van der Waals surface area (Å²) in [5.74, 6) is -0.141. The fraction of sp³-hybridized carbons (Fsp3) is 0.174. The smallest absolute Gasteiger partial charge is 0.347 e. The van der Waals surface area contributed by atoms with Crippen molar-refractivity contribution in [2.75, 3.05) is 6.61 Å². The van der Waals surface area contributed by atoms with Crippen molar-refractivity contribution in [3.63, 3.8) is 0 Å². The third-order valence-corrected chi connectivity index (χ3v) is 9.41. The predicted molar refractivity (Wildman–Crippen MR) is 111 cm³/mol. The number of esters is 1. The first-order valence-corrected chi connectivity index (χ1v) is 10.8. The van der Waals surface area contributed by atoms with Crippen LogP contribution in [0.25, 0.3) is 0 Å². The Kier molecular flexibility index (Phi) is 5.85. The Morgan fingerprint density at radius 1 is 0.769 bits per heavy atom. The molecule has 0 unspecified atom stereocenters. The highest BCUT2D eigenvalue weighted by atomic mass is 31.2. The van der Waals surface area contributed by atoms with Crippen molar-refractivity contribution in [2.24, 2.45) is 0 Å². The number of carbonyl (C=O) groups excluding carboxylic acids is 1. The lowest BCUT2D eigenvalue weighted by molar-refractivity contribution is -0.142. The van der Waals surface area contributed by atoms with Crippen LogP contribution in [0.2, 0.25) is 0 Å². The molecule has 0 N–H and O–H groups in total. The summed E-state index contributed by atoms with van der Waals surface area (Å²) >= 11 is 0. The van der Waals surface area contributed by atoms with Crippen LogP contribution in [0, 0.1) is 0 Å². The minimum absolute atomic E-state index is 0.141. The maximum absolute atomic E-state index is 12.9. The minimum atomic E-state index is -2.20. The zero-order chi connectivity index (χ0) is 18.4. The fourth-order valence-corrected chi connectivity index (χ4v) is 8.08. The van der Waals surface area contributed by atoms with Crippen LogP contribution in [0.5, 0.6) is 0 Å². The van der Waals surface area contributed by atoms with Crippen LogP contribution in [0.3, 0.4) is 0 Å². The lowest BCUT2D eigenvalue weighted by Gasteiger charge is -2.31. The van der Waals surface area contributed by atoms with Gasteiger partial charge in [0.25, 0.3) is 0 Å². The first-order valence-electron chi connectivity index (χ1n) is 8.93. The second-order valence-corrected chi connectivity index (χ2v) is 9.93. The summed E-state index contributed by atoms with van der Waals surface area (Å²) in [6.45, 7) is 4.26. The normalized spacial score (nSPS) is 12.4. The summed E-state index contributed by atoms with van der Waals surface area (Å²) in [5.41, 5.74) is -0.269. The van der Waals surface area contributed by atoms with E-state index in [0.29, 0.717) is 6.61 Å². The van der Waals surface area contributed by atoms with Gasteiger partial charge < -0.3 is 4.74 Å². The molecule has 1 atom stereocenters. The average Bonchev–Trinajstić information content (AvgIpc) is 2.71. The zero-order valence-corrected chi connectivity index (χ0v) is 16.1. The van der Waals surface area contributed by atoms with Crippen LogP contribution in [0.15, 0.2) is 91.0 Å². The van der Waals surface area contributed by atoms with E-state index >= 15 is 0 Å². The van der Waals surface area contributed by atoms with Crippen LogP contribution in [0.1, 0.15) is 13.8 Å². The maximum atomic E-state index is 12.9. The molecule has 0 fully saturated rings. The van der Waals surface area contributed by atoms with Gasteiger partial charge in [0.2, 0.25) is 0 Å². The largest absolute Gasteiger partial charge is 0.463 e. The summed E-state index contributed by atoms with van der Waals surface area (Å²) in [4.78, 5) is 12.9. The van der Waals surface area contributed by atoms with Gasteiger partial charge in [0.15, 0.2) is 5.66 Å². The van der Waals surface area contributed by atoms with E-state index in [0.717, 1.165) is 0 Å². The highest BCUT2D eigenvalue weighted by Crippen LogP contribution is 2.59. The van der Waals surface area contributed by atoms with Crippen molar-refractivity contribution in [1.29, 1.82) is 0 Å². The molecular formula is C23H24O2P+. The summed E-state index contributed by atoms with van der Waals surface area (Å²) in [6, 6.07) is 31.2. The van der Waals surface area contributed by atoms with Gasteiger partial charge in [-0.2, -0.15) is 0 Å². The second-order valence-electron chi connectivity index (χ2n) is 6.16. The number of carbonyl (C=O) groups is 1. The van der Waals surface area contributed by atoms with Gasteiger partial charge in [-0.05, 0) is 50.2 Å². The molecule has 132 valence electrons. The molecule has 0 saturated heterocycles. The van der Waals surface area contributed by atoms with E-state index in [4.69, 9.17) is 4.74 Å². The van der Waals surface area contributed by atoms with Gasteiger partial charge in [0.05, 0.1) is 6.61 Å². The molecule has 0 aromatic heterocycles. The first kappa shape index (κ1) is 18.4. The molecule has 0 aliphatic heterocycles. The third kappa shape index (κ3) is 3.30. The van der Waals surface area contributed by atoms with E-state index in [2.05, 4.69) is 36.4 Å². The van der Waals surface area contributed by atoms with E-state index < -0.39 is 7.26 Å². The van der Waals surface area contributed by atoms with Crippen molar-refractivity contribution < 1.29 is 9.53 Å². The first-order chi connectivity index (χ1) is 12.7. The lowest BCUT2D eigenvalue weighted by Crippen LogP contribution is -2.41. The topological polar surface area (TPSA) is 26.3 Å².